The van der Waals surface area contributed by atoms with Crippen LogP contribution in [0.2, 0.25) is 5.15 Å². The Labute approximate surface area is 137 Å². The standard InChI is InChI=1S/C16H26ClN3O2/c1-5-6-10-20-16(17)14(13(3)19-20)7-8-15(21)18-12(2)9-11-22-4/h7-8,12H,5-6,9-11H2,1-4H3,(H,18,21). The molecule has 1 N–H and O–H groups in total. The normalized spacial score (nSPS) is 12.8. The molecule has 1 rings (SSSR count). The summed E-state index contributed by atoms with van der Waals surface area (Å²) in [7, 11) is 1.65. The number of rotatable bonds is 9. The number of aromatic nitrogens is 2. The highest BCUT2D eigenvalue weighted by molar-refractivity contribution is 6.31. The first-order chi connectivity index (χ1) is 10.5. The first-order valence-electron chi connectivity index (χ1n) is 7.70. The van der Waals surface area contributed by atoms with Crippen LogP contribution < -0.4 is 5.32 Å². The first-order valence-corrected chi connectivity index (χ1v) is 8.07. The fourth-order valence-electron chi connectivity index (χ4n) is 2.03. The average Bonchev–Trinajstić information content (AvgIpc) is 2.75. The Morgan fingerprint density at radius 3 is 2.91 bits per heavy atom. The molecule has 6 heteroatoms. The predicted molar refractivity (Wildman–Crippen MR) is 90.0 cm³/mol. The van der Waals surface area contributed by atoms with Crippen LogP contribution in [0.15, 0.2) is 6.08 Å². The van der Waals surface area contributed by atoms with Crippen LogP contribution in [0, 0.1) is 6.92 Å². The van der Waals surface area contributed by atoms with Crippen molar-refractivity contribution in [2.24, 2.45) is 0 Å². The van der Waals surface area contributed by atoms with Gasteiger partial charge in [0.2, 0.25) is 5.91 Å². The number of methoxy groups -OCH3 is 1. The second-order valence-corrected chi connectivity index (χ2v) is 5.75. The number of hydrogen-bond acceptors (Lipinski definition) is 3. The summed E-state index contributed by atoms with van der Waals surface area (Å²) in [6.07, 6.45) is 6.13. The van der Waals surface area contributed by atoms with Crippen LogP contribution >= 0.6 is 11.6 Å². The Bertz CT molecular complexity index is 512. The highest BCUT2D eigenvalue weighted by Crippen LogP contribution is 2.21. The van der Waals surface area contributed by atoms with Gasteiger partial charge in [0.1, 0.15) is 5.15 Å². The Morgan fingerprint density at radius 1 is 1.55 bits per heavy atom. The smallest absolute Gasteiger partial charge is 0.244 e. The second kappa shape index (κ2) is 9.64. The number of aryl methyl sites for hydroxylation is 2. The molecule has 0 saturated carbocycles. The van der Waals surface area contributed by atoms with Gasteiger partial charge in [-0.3, -0.25) is 9.48 Å². The van der Waals surface area contributed by atoms with E-state index in [0.29, 0.717) is 11.8 Å². The third-order valence-electron chi connectivity index (χ3n) is 3.38. The molecule has 5 nitrogen and oxygen atoms in total. The van der Waals surface area contributed by atoms with Gasteiger partial charge in [-0.25, -0.2) is 0 Å². The lowest BCUT2D eigenvalue weighted by Gasteiger charge is -2.11. The maximum Gasteiger partial charge on any atom is 0.244 e. The number of ether oxygens (including phenoxy) is 1. The highest BCUT2D eigenvalue weighted by atomic mass is 35.5. The summed E-state index contributed by atoms with van der Waals surface area (Å²) in [4.78, 5) is 11.9. The molecule has 1 aromatic heterocycles. The van der Waals surface area contributed by atoms with Gasteiger partial charge in [0.15, 0.2) is 0 Å². The molecule has 0 saturated heterocycles. The van der Waals surface area contributed by atoms with Crippen molar-refractivity contribution < 1.29 is 9.53 Å². The van der Waals surface area contributed by atoms with E-state index in [-0.39, 0.29) is 11.9 Å². The molecule has 0 spiro atoms. The van der Waals surface area contributed by atoms with Crippen LogP contribution in [0.25, 0.3) is 6.08 Å². The highest BCUT2D eigenvalue weighted by Gasteiger charge is 2.11. The summed E-state index contributed by atoms with van der Waals surface area (Å²) >= 11 is 6.32. The van der Waals surface area contributed by atoms with Crippen LogP contribution in [0.3, 0.4) is 0 Å². The fourth-order valence-corrected chi connectivity index (χ4v) is 2.35. The van der Waals surface area contributed by atoms with Gasteiger partial charge in [-0.1, -0.05) is 24.9 Å². The quantitative estimate of drug-likeness (QED) is 0.709. The van der Waals surface area contributed by atoms with E-state index < -0.39 is 0 Å². The molecule has 0 radical (unpaired) electrons. The SMILES string of the molecule is CCCCn1nc(C)c(C=CC(=O)NC(C)CCOC)c1Cl. The van der Waals surface area contributed by atoms with Gasteiger partial charge in [-0.15, -0.1) is 0 Å². The van der Waals surface area contributed by atoms with Gasteiger partial charge < -0.3 is 10.1 Å². The Morgan fingerprint density at radius 2 is 2.27 bits per heavy atom. The zero-order valence-electron chi connectivity index (χ0n) is 13.9. The number of nitrogens with one attached hydrogen (secondary N) is 1. The third-order valence-corrected chi connectivity index (χ3v) is 3.78. The Kier molecular flexibility index (Phi) is 8.20. The van der Waals surface area contributed by atoms with Crippen LogP contribution in [0.5, 0.6) is 0 Å². The van der Waals surface area contributed by atoms with Crippen molar-refractivity contribution in [2.75, 3.05) is 13.7 Å². The zero-order chi connectivity index (χ0) is 16.5. The number of nitrogens with zero attached hydrogens (tertiary/aromatic N) is 2. The van der Waals surface area contributed by atoms with E-state index in [0.717, 1.165) is 37.1 Å². The van der Waals surface area contributed by atoms with Crippen LogP contribution in [-0.4, -0.2) is 35.4 Å². The molecular formula is C16H26ClN3O2. The van der Waals surface area contributed by atoms with Crippen molar-refractivity contribution in [3.8, 4) is 0 Å². The molecule has 1 unspecified atom stereocenters. The number of amides is 1. The van der Waals surface area contributed by atoms with Gasteiger partial charge in [-0.2, -0.15) is 5.10 Å². The fraction of sp³-hybridized carbons (Fsp3) is 0.625. The number of carbonyl (C=O) groups is 1. The maximum atomic E-state index is 11.9. The van der Waals surface area contributed by atoms with Gasteiger partial charge in [0.25, 0.3) is 0 Å². The minimum Gasteiger partial charge on any atom is -0.385 e. The zero-order valence-corrected chi connectivity index (χ0v) is 14.6. The van der Waals surface area contributed by atoms with Crippen LogP contribution in [-0.2, 0) is 16.1 Å². The van der Waals surface area contributed by atoms with Crippen molar-refractivity contribution in [1.82, 2.24) is 15.1 Å². The topological polar surface area (TPSA) is 56.2 Å². The van der Waals surface area contributed by atoms with E-state index in [1.807, 2.05) is 13.8 Å². The van der Waals surface area contributed by atoms with Crippen molar-refractivity contribution in [2.45, 2.75) is 52.6 Å². The van der Waals surface area contributed by atoms with Gasteiger partial charge in [0.05, 0.1) is 5.69 Å². The molecule has 0 aliphatic rings. The number of carbonyl (C=O) groups excluding carboxylic acids is 1. The molecule has 124 valence electrons. The summed E-state index contributed by atoms with van der Waals surface area (Å²) in [6, 6.07) is 0.0703. The molecule has 0 fully saturated rings. The molecule has 0 aliphatic carbocycles. The molecule has 22 heavy (non-hydrogen) atoms. The lowest BCUT2D eigenvalue weighted by atomic mass is 10.2. The van der Waals surface area contributed by atoms with Crippen molar-refractivity contribution >= 4 is 23.6 Å². The van der Waals surface area contributed by atoms with Crippen molar-refractivity contribution in [1.29, 1.82) is 0 Å². The van der Waals surface area contributed by atoms with Crippen molar-refractivity contribution in [3.63, 3.8) is 0 Å². The van der Waals surface area contributed by atoms with Gasteiger partial charge >= 0.3 is 0 Å². The molecule has 0 bridgehead atoms. The third kappa shape index (κ3) is 5.81. The predicted octanol–water partition coefficient (Wildman–Crippen LogP) is 3.20. The van der Waals surface area contributed by atoms with Crippen LogP contribution in [0.4, 0.5) is 0 Å². The molecule has 0 aromatic carbocycles. The Balaban J connectivity index is 2.65. The summed E-state index contributed by atoms with van der Waals surface area (Å²) in [5.74, 6) is -0.139. The lowest BCUT2D eigenvalue weighted by molar-refractivity contribution is -0.117. The minimum atomic E-state index is -0.139. The first kappa shape index (κ1) is 18.7. The van der Waals surface area contributed by atoms with E-state index in [2.05, 4.69) is 17.3 Å². The monoisotopic (exact) mass is 327 g/mol. The van der Waals surface area contributed by atoms with E-state index in [4.69, 9.17) is 16.3 Å². The summed E-state index contributed by atoms with van der Waals surface area (Å²) in [5, 5.41) is 7.89. The molecule has 1 aromatic rings. The minimum absolute atomic E-state index is 0.0703. The van der Waals surface area contributed by atoms with Crippen LogP contribution in [0.1, 0.15) is 44.4 Å². The summed E-state index contributed by atoms with van der Waals surface area (Å²) < 4.78 is 6.78. The number of hydrogen-bond donors (Lipinski definition) is 1. The number of halogens is 1. The van der Waals surface area contributed by atoms with Gasteiger partial charge in [0, 0.05) is 37.9 Å². The van der Waals surface area contributed by atoms with E-state index >= 15 is 0 Å². The molecule has 0 aliphatic heterocycles. The largest absolute Gasteiger partial charge is 0.385 e. The Hall–Kier alpha value is -1.33. The van der Waals surface area contributed by atoms with E-state index in [9.17, 15) is 4.79 Å². The molecule has 1 atom stereocenters. The average molecular weight is 328 g/mol. The van der Waals surface area contributed by atoms with Crippen molar-refractivity contribution in [3.05, 3.63) is 22.5 Å². The van der Waals surface area contributed by atoms with Gasteiger partial charge in [-0.05, 0) is 32.8 Å². The summed E-state index contributed by atoms with van der Waals surface area (Å²) in [5.41, 5.74) is 1.63. The second-order valence-electron chi connectivity index (χ2n) is 5.39. The molecule has 1 heterocycles. The molecule has 1 amide bonds. The van der Waals surface area contributed by atoms with E-state index in [1.165, 1.54) is 6.08 Å². The number of unbranched alkanes of at least 4 members (excludes halogenated alkanes) is 1. The van der Waals surface area contributed by atoms with E-state index in [1.54, 1.807) is 17.9 Å². The lowest BCUT2D eigenvalue weighted by Crippen LogP contribution is -2.31. The molecular weight excluding hydrogens is 302 g/mol. The summed E-state index contributed by atoms with van der Waals surface area (Å²) in [6.45, 7) is 7.39. The maximum absolute atomic E-state index is 11.9.